The molecule has 0 saturated heterocycles. The Morgan fingerprint density at radius 2 is 2.08 bits per heavy atom. The van der Waals surface area contributed by atoms with Crippen LogP contribution in [0.1, 0.15) is 23.7 Å². The molecule has 0 aliphatic rings. The van der Waals surface area contributed by atoms with Gasteiger partial charge in [-0.2, -0.15) is 0 Å². The highest BCUT2D eigenvalue weighted by atomic mass is 79.9. The lowest BCUT2D eigenvalue weighted by atomic mass is 9.85. The normalized spacial score (nSPS) is 17.2. The molecule has 0 fully saturated rings. The second-order valence-electron chi connectivity index (χ2n) is 5.43. The number of halogens is 4. The van der Waals surface area contributed by atoms with Crippen LogP contribution in [0.3, 0.4) is 0 Å². The summed E-state index contributed by atoms with van der Waals surface area (Å²) in [6.45, 7) is 1.69. The van der Waals surface area contributed by atoms with Crippen LogP contribution in [-0.2, 0) is 4.79 Å². The minimum atomic E-state index is -1.94. The molecule has 1 heterocycles. The highest BCUT2D eigenvalue weighted by Gasteiger charge is 2.47. The third-order valence-corrected chi connectivity index (χ3v) is 5.64. The fourth-order valence-corrected chi connectivity index (χ4v) is 3.72. The smallest absolute Gasteiger partial charge is 0.327 e. The van der Waals surface area contributed by atoms with E-state index in [0.29, 0.717) is 0 Å². The van der Waals surface area contributed by atoms with Gasteiger partial charge in [0, 0.05) is 17.6 Å². The van der Waals surface area contributed by atoms with Gasteiger partial charge in [0.1, 0.15) is 5.15 Å². The minimum absolute atomic E-state index is 0.0723. The summed E-state index contributed by atoms with van der Waals surface area (Å²) in [7, 11) is 0. The van der Waals surface area contributed by atoms with Crippen LogP contribution in [0.15, 0.2) is 12.3 Å². The van der Waals surface area contributed by atoms with E-state index in [0.717, 1.165) is 0 Å². The van der Waals surface area contributed by atoms with E-state index in [9.17, 15) is 14.7 Å². The van der Waals surface area contributed by atoms with E-state index in [4.69, 9.17) is 46.3 Å². The Morgan fingerprint density at radius 3 is 2.56 bits per heavy atom. The van der Waals surface area contributed by atoms with Crippen molar-refractivity contribution in [3.8, 4) is 0 Å². The Morgan fingerprint density at radius 1 is 1.48 bits per heavy atom. The van der Waals surface area contributed by atoms with Gasteiger partial charge in [0.25, 0.3) is 5.91 Å². The van der Waals surface area contributed by atoms with E-state index in [1.807, 2.05) is 0 Å². The number of nitrogens with one attached hydrogen (secondary N) is 1. The predicted molar refractivity (Wildman–Crippen MR) is 102 cm³/mol. The van der Waals surface area contributed by atoms with Crippen LogP contribution in [0.4, 0.5) is 0 Å². The monoisotopic (exact) mass is 474 g/mol. The maximum Gasteiger partial charge on any atom is 0.327 e. The van der Waals surface area contributed by atoms with Crippen molar-refractivity contribution in [3.63, 3.8) is 0 Å². The van der Waals surface area contributed by atoms with Crippen molar-refractivity contribution in [2.24, 2.45) is 11.5 Å². The summed E-state index contributed by atoms with van der Waals surface area (Å²) in [5.41, 5.74) is 9.53. The number of hydrogen-bond acceptors (Lipinski definition) is 5. The van der Waals surface area contributed by atoms with Crippen molar-refractivity contribution >= 4 is 62.6 Å². The van der Waals surface area contributed by atoms with Crippen LogP contribution < -0.4 is 16.8 Å². The van der Waals surface area contributed by atoms with E-state index in [1.54, 1.807) is 0 Å². The Kier molecular flexibility index (Phi) is 8.37. The zero-order chi connectivity index (χ0) is 19.4. The highest BCUT2D eigenvalue weighted by Crippen LogP contribution is 2.27. The van der Waals surface area contributed by atoms with Crippen molar-refractivity contribution in [3.05, 3.63) is 28.0 Å². The predicted octanol–water partition coefficient (Wildman–Crippen LogP) is 2.01. The lowest BCUT2D eigenvalue weighted by Gasteiger charge is -2.36. The number of carboxylic acids is 1. The number of alkyl halides is 2. The number of hydrogen-bond donors (Lipinski definition) is 4. The summed E-state index contributed by atoms with van der Waals surface area (Å²) in [6.07, 6.45) is 1.53. The van der Waals surface area contributed by atoms with Gasteiger partial charge in [0.05, 0.1) is 22.0 Å². The highest BCUT2D eigenvalue weighted by molar-refractivity contribution is 9.09. The van der Waals surface area contributed by atoms with Gasteiger partial charge >= 0.3 is 5.97 Å². The quantitative estimate of drug-likeness (QED) is 0.335. The van der Waals surface area contributed by atoms with Crippen molar-refractivity contribution < 1.29 is 14.7 Å². The molecule has 0 aromatic carbocycles. The van der Waals surface area contributed by atoms with Crippen LogP contribution in [0.25, 0.3) is 0 Å². The number of rotatable bonds is 8. The maximum absolute atomic E-state index is 12.4. The summed E-state index contributed by atoms with van der Waals surface area (Å²) in [6, 6.07) is 0.353. The average molecular weight is 477 g/mol. The molecule has 0 spiro atoms. The van der Waals surface area contributed by atoms with E-state index in [1.165, 1.54) is 19.2 Å². The van der Waals surface area contributed by atoms with Crippen LogP contribution >= 0.6 is 50.7 Å². The molecule has 0 saturated carbocycles. The number of nitrogens with two attached hydrogens (primary N) is 2. The second-order valence-corrected chi connectivity index (χ2v) is 8.02. The molecule has 1 rings (SSSR count). The molecule has 1 aromatic heterocycles. The molecule has 4 atom stereocenters. The molecule has 0 aliphatic heterocycles. The van der Waals surface area contributed by atoms with Crippen LogP contribution in [-0.4, -0.2) is 50.3 Å². The van der Waals surface area contributed by atoms with Crippen molar-refractivity contribution in [1.29, 1.82) is 0 Å². The van der Waals surface area contributed by atoms with Crippen LogP contribution in [0.2, 0.25) is 10.2 Å². The zero-order valence-electron chi connectivity index (χ0n) is 13.2. The topological polar surface area (TPSA) is 131 Å². The first-order valence-corrected chi connectivity index (χ1v) is 9.27. The number of carbonyl (C=O) groups is 2. The number of nitrogens with zero attached hydrogens (tertiary/aromatic N) is 1. The molecule has 0 radical (unpaired) electrons. The van der Waals surface area contributed by atoms with Gasteiger partial charge in [-0.15, -0.1) is 11.6 Å². The summed E-state index contributed by atoms with van der Waals surface area (Å²) in [4.78, 5) is 27.7. The molecule has 0 bridgehead atoms. The number of amides is 1. The Labute approximate surface area is 168 Å². The zero-order valence-corrected chi connectivity index (χ0v) is 17.0. The summed E-state index contributed by atoms with van der Waals surface area (Å²) >= 11 is 21.4. The first-order chi connectivity index (χ1) is 11.5. The molecule has 3 unspecified atom stereocenters. The van der Waals surface area contributed by atoms with Gasteiger partial charge in [-0.3, -0.25) is 9.59 Å². The first kappa shape index (κ1) is 22.4. The van der Waals surface area contributed by atoms with Crippen molar-refractivity contribution in [2.45, 2.75) is 35.1 Å². The van der Waals surface area contributed by atoms with E-state index in [-0.39, 0.29) is 33.5 Å². The number of carboxylic acid groups (broad SMARTS) is 1. The molecule has 140 valence electrons. The Balaban J connectivity index is 3.05. The second kappa shape index (κ2) is 9.34. The third-order valence-electron chi connectivity index (χ3n) is 3.75. The SMILES string of the molecule is CC(NC(=O)c1c(Cl)ccnc1Cl)[C@@](N)(C(=O)O)C(Cl)CC(Br)CN. The molecular weight excluding hydrogens is 458 g/mol. The molecule has 1 aromatic rings. The van der Waals surface area contributed by atoms with E-state index < -0.39 is 28.8 Å². The minimum Gasteiger partial charge on any atom is -0.480 e. The fraction of sp³-hybridized carbons (Fsp3) is 0.500. The number of pyridine rings is 1. The van der Waals surface area contributed by atoms with Crippen molar-refractivity contribution in [1.82, 2.24) is 10.3 Å². The molecule has 25 heavy (non-hydrogen) atoms. The summed E-state index contributed by atoms with van der Waals surface area (Å²) in [5, 5.41) is 11.0. The Bertz CT molecular complexity index is 631. The molecular formula is C14H18BrCl3N4O3. The molecule has 7 nitrogen and oxygen atoms in total. The number of carbonyl (C=O) groups excluding carboxylic acids is 1. The van der Waals surface area contributed by atoms with Crippen LogP contribution in [0.5, 0.6) is 0 Å². The van der Waals surface area contributed by atoms with Gasteiger partial charge in [-0.25, -0.2) is 4.98 Å². The maximum atomic E-state index is 12.4. The fourth-order valence-electron chi connectivity index (χ4n) is 2.11. The molecule has 11 heteroatoms. The van der Waals surface area contributed by atoms with Gasteiger partial charge in [0.2, 0.25) is 0 Å². The lowest BCUT2D eigenvalue weighted by Crippen LogP contribution is -2.67. The van der Waals surface area contributed by atoms with Gasteiger partial charge in [0.15, 0.2) is 5.54 Å². The largest absolute Gasteiger partial charge is 0.480 e. The molecule has 6 N–H and O–H groups in total. The number of aromatic nitrogens is 1. The van der Waals surface area contributed by atoms with Crippen molar-refractivity contribution in [2.75, 3.05) is 6.54 Å². The standard InChI is InChI=1S/C14H18BrCl3N4O3/c1-6(14(20,13(24)25)9(17)4-7(15)5-19)22-12(23)10-8(16)2-3-21-11(10)18/h2-3,6-7,9H,4-5,19-20H2,1H3,(H,22,23)(H,24,25)/t6?,7?,9?,14-/m0/s1. The Hall–Kier alpha value is -0.640. The van der Waals surface area contributed by atoms with Gasteiger partial charge in [-0.1, -0.05) is 39.1 Å². The summed E-state index contributed by atoms with van der Waals surface area (Å²) in [5.74, 6) is -2.06. The molecule has 0 aliphatic carbocycles. The van der Waals surface area contributed by atoms with Gasteiger partial charge in [-0.05, 0) is 19.4 Å². The van der Waals surface area contributed by atoms with Crippen LogP contribution in [0, 0.1) is 0 Å². The van der Waals surface area contributed by atoms with E-state index >= 15 is 0 Å². The molecule has 1 amide bonds. The number of aliphatic carboxylic acids is 1. The summed E-state index contributed by atoms with van der Waals surface area (Å²) < 4.78 is 0. The third kappa shape index (κ3) is 5.18. The first-order valence-electron chi connectivity index (χ1n) is 7.17. The van der Waals surface area contributed by atoms with Gasteiger partial charge < -0.3 is 21.9 Å². The lowest BCUT2D eigenvalue weighted by molar-refractivity contribution is -0.144. The van der Waals surface area contributed by atoms with E-state index in [2.05, 4.69) is 26.2 Å². The average Bonchev–Trinajstić information content (AvgIpc) is 2.53.